The largest absolute Gasteiger partial charge is 0.496 e. The molecule has 0 aromatic heterocycles. The molecular weight excluding hydrogens is 312 g/mol. The van der Waals surface area contributed by atoms with E-state index < -0.39 is 6.09 Å². The van der Waals surface area contributed by atoms with Gasteiger partial charge >= 0.3 is 6.09 Å². The van der Waals surface area contributed by atoms with Gasteiger partial charge in [-0.25, -0.2) is 4.79 Å². The molecule has 1 heterocycles. The first kappa shape index (κ1) is 17.7. The number of benzene rings is 1. The van der Waals surface area contributed by atoms with E-state index in [1.54, 1.807) is 28.0 Å². The molecule has 0 atom stereocenters. The zero-order chi connectivity index (χ0) is 17.5. The van der Waals surface area contributed by atoms with Crippen LogP contribution < -0.4 is 9.47 Å². The second-order valence-corrected chi connectivity index (χ2v) is 5.18. The van der Waals surface area contributed by atoms with Crippen LogP contribution in [0.5, 0.6) is 11.5 Å². The summed E-state index contributed by atoms with van der Waals surface area (Å²) in [6, 6.07) is 5.21. The number of hydrogen-bond acceptors (Lipinski definition) is 5. The van der Waals surface area contributed by atoms with Crippen LogP contribution in [-0.4, -0.2) is 68.8 Å². The van der Waals surface area contributed by atoms with E-state index in [0.29, 0.717) is 43.2 Å². The number of hydrogen-bond donors (Lipinski definition) is 0. The van der Waals surface area contributed by atoms with Crippen molar-refractivity contribution in [2.24, 2.45) is 0 Å². The Morgan fingerprint density at radius 2 is 1.62 bits per heavy atom. The van der Waals surface area contributed by atoms with Gasteiger partial charge < -0.3 is 24.0 Å². The Labute approximate surface area is 141 Å². The quantitative estimate of drug-likeness (QED) is 0.768. The second-order valence-electron chi connectivity index (χ2n) is 5.18. The van der Waals surface area contributed by atoms with Crippen LogP contribution in [-0.2, 0) is 4.74 Å². The number of nitrogens with zero attached hydrogens (tertiary/aromatic N) is 2. The van der Waals surface area contributed by atoms with Gasteiger partial charge in [0.05, 0.1) is 14.2 Å². The minimum atomic E-state index is -0.392. The predicted molar refractivity (Wildman–Crippen MR) is 88.6 cm³/mol. The van der Waals surface area contributed by atoms with Crippen LogP contribution in [0, 0.1) is 0 Å². The molecule has 130 valence electrons. The molecule has 1 saturated heterocycles. The van der Waals surface area contributed by atoms with Crippen LogP contribution in [0.25, 0.3) is 0 Å². The molecular formula is C17H22N2O5. The number of carbonyl (C=O) groups is 2. The van der Waals surface area contributed by atoms with Gasteiger partial charge in [-0.3, -0.25) is 4.79 Å². The van der Waals surface area contributed by atoms with Crippen molar-refractivity contribution in [3.63, 3.8) is 0 Å². The normalized spacial score (nSPS) is 14.1. The summed E-state index contributed by atoms with van der Waals surface area (Å²) in [5.41, 5.74) is 0.394. The summed E-state index contributed by atoms with van der Waals surface area (Å²) in [7, 11) is 3.03. The van der Waals surface area contributed by atoms with E-state index >= 15 is 0 Å². The Bertz CT molecular complexity index is 587. The first-order valence-corrected chi connectivity index (χ1v) is 7.65. The number of amides is 2. The molecule has 0 saturated carbocycles. The smallest absolute Gasteiger partial charge is 0.410 e. The maximum absolute atomic E-state index is 12.8. The molecule has 1 aliphatic rings. The topological polar surface area (TPSA) is 68.3 Å². The molecule has 1 aliphatic heterocycles. The first-order chi connectivity index (χ1) is 11.6. The Kier molecular flexibility index (Phi) is 6.06. The van der Waals surface area contributed by atoms with Crippen molar-refractivity contribution in [1.29, 1.82) is 0 Å². The van der Waals surface area contributed by atoms with Crippen molar-refractivity contribution in [3.05, 3.63) is 36.4 Å². The van der Waals surface area contributed by atoms with Gasteiger partial charge in [-0.05, 0) is 12.1 Å². The third-order valence-corrected chi connectivity index (χ3v) is 3.79. The molecule has 0 spiro atoms. The fraction of sp³-hybridized carbons (Fsp3) is 0.412. The molecule has 24 heavy (non-hydrogen) atoms. The molecule has 7 nitrogen and oxygen atoms in total. The lowest BCUT2D eigenvalue weighted by molar-refractivity contribution is 0.0575. The minimum absolute atomic E-state index is 0.177. The van der Waals surface area contributed by atoms with Gasteiger partial charge in [0, 0.05) is 26.2 Å². The maximum Gasteiger partial charge on any atom is 0.410 e. The minimum Gasteiger partial charge on any atom is -0.496 e. The van der Waals surface area contributed by atoms with Gasteiger partial charge in [-0.2, -0.15) is 0 Å². The van der Waals surface area contributed by atoms with Crippen molar-refractivity contribution < 1.29 is 23.8 Å². The van der Waals surface area contributed by atoms with E-state index in [0.717, 1.165) is 0 Å². The van der Waals surface area contributed by atoms with Crippen molar-refractivity contribution in [3.8, 4) is 11.5 Å². The summed E-state index contributed by atoms with van der Waals surface area (Å²) in [5.74, 6) is 0.753. The van der Waals surface area contributed by atoms with E-state index in [-0.39, 0.29) is 12.5 Å². The van der Waals surface area contributed by atoms with Gasteiger partial charge in [0.2, 0.25) is 0 Å². The van der Waals surface area contributed by atoms with Crippen LogP contribution in [0.3, 0.4) is 0 Å². The van der Waals surface area contributed by atoms with Crippen LogP contribution in [0.4, 0.5) is 4.79 Å². The highest BCUT2D eigenvalue weighted by Gasteiger charge is 2.28. The zero-order valence-electron chi connectivity index (χ0n) is 14.0. The lowest BCUT2D eigenvalue weighted by Gasteiger charge is -2.34. The van der Waals surface area contributed by atoms with Crippen molar-refractivity contribution in [1.82, 2.24) is 9.80 Å². The molecule has 1 fully saturated rings. The highest BCUT2D eigenvalue weighted by atomic mass is 16.6. The molecule has 2 amide bonds. The fourth-order valence-corrected chi connectivity index (χ4v) is 2.53. The predicted octanol–water partition coefficient (Wildman–Crippen LogP) is 1.78. The van der Waals surface area contributed by atoms with Gasteiger partial charge in [0.15, 0.2) is 0 Å². The third-order valence-electron chi connectivity index (χ3n) is 3.79. The summed E-state index contributed by atoms with van der Waals surface area (Å²) < 4.78 is 15.6. The second kappa shape index (κ2) is 8.24. The number of methoxy groups -OCH3 is 2. The van der Waals surface area contributed by atoms with E-state index in [1.807, 2.05) is 0 Å². The summed E-state index contributed by atoms with van der Waals surface area (Å²) >= 11 is 0. The Morgan fingerprint density at radius 1 is 1.08 bits per heavy atom. The highest BCUT2D eigenvalue weighted by molar-refractivity contribution is 5.99. The molecule has 0 bridgehead atoms. The lowest BCUT2D eigenvalue weighted by Crippen LogP contribution is -2.50. The average Bonchev–Trinajstić information content (AvgIpc) is 2.64. The summed E-state index contributed by atoms with van der Waals surface area (Å²) in [6.45, 7) is 5.36. The number of ether oxygens (including phenoxy) is 3. The molecule has 0 unspecified atom stereocenters. The molecule has 1 aromatic carbocycles. The van der Waals surface area contributed by atoms with E-state index in [4.69, 9.17) is 14.2 Å². The van der Waals surface area contributed by atoms with Crippen LogP contribution in [0.2, 0.25) is 0 Å². The molecule has 0 aliphatic carbocycles. The van der Waals surface area contributed by atoms with Gasteiger partial charge in [0.25, 0.3) is 5.91 Å². The maximum atomic E-state index is 12.8. The average molecular weight is 334 g/mol. The van der Waals surface area contributed by atoms with Gasteiger partial charge in [0.1, 0.15) is 23.7 Å². The number of piperazine rings is 1. The third kappa shape index (κ3) is 3.79. The Hall–Kier alpha value is -2.70. The Morgan fingerprint density at radius 3 is 2.12 bits per heavy atom. The van der Waals surface area contributed by atoms with Gasteiger partial charge in [-0.1, -0.05) is 18.7 Å². The van der Waals surface area contributed by atoms with Crippen molar-refractivity contribution in [2.75, 3.05) is 47.0 Å². The lowest BCUT2D eigenvalue weighted by atomic mass is 10.1. The Balaban J connectivity index is 2.06. The van der Waals surface area contributed by atoms with Crippen LogP contribution in [0.15, 0.2) is 30.9 Å². The summed E-state index contributed by atoms with van der Waals surface area (Å²) in [6.07, 6.45) is 1.13. The van der Waals surface area contributed by atoms with Crippen LogP contribution in [0.1, 0.15) is 10.4 Å². The first-order valence-electron chi connectivity index (χ1n) is 7.65. The van der Waals surface area contributed by atoms with E-state index in [1.165, 1.54) is 20.3 Å². The van der Waals surface area contributed by atoms with Crippen molar-refractivity contribution in [2.45, 2.75) is 0 Å². The molecule has 0 N–H and O–H groups in total. The van der Waals surface area contributed by atoms with Crippen molar-refractivity contribution >= 4 is 12.0 Å². The molecule has 0 radical (unpaired) electrons. The van der Waals surface area contributed by atoms with Gasteiger partial charge in [-0.15, -0.1) is 0 Å². The van der Waals surface area contributed by atoms with E-state index in [9.17, 15) is 9.59 Å². The fourth-order valence-electron chi connectivity index (χ4n) is 2.53. The summed E-state index contributed by atoms with van der Waals surface area (Å²) in [5, 5.41) is 0. The molecule has 2 rings (SSSR count). The molecule has 1 aromatic rings. The number of rotatable bonds is 5. The molecule has 7 heteroatoms. The SMILES string of the molecule is C=CCOC(=O)N1CCN(C(=O)c2c(OC)cccc2OC)CC1. The monoisotopic (exact) mass is 334 g/mol. The summed E-state index contributed by atoms with van der Waals surface area (Å²) in [4.78, 5) is 27.9. The van der Waals surface area contributed by atoms with E-state index in [2.05, 4.69) is 6.58 Å². The zero-order valence-corrected chi connectivity index (χ0v) is 14.0. The standard InChI is InChI=1S/C17H22N2O5/c1-4-12-24-17(21)19-10-8-18(9-11-19)16(20)15-13(22-2)6-5-7-14(15)23-3/h4-7H,1,8-12H2,2-3H3. The highest BCUT2D eigenvalue weighted by Crippen LogP contribution is 2.29. The number of carbonyl (C=O) groups excluding carboxylic acids is 2. The van der Waals surface area contributed by atoms with Crippen LogP contribution >= 0.6 is 0 Å².